The zero-order chi connectivity index (χ0) is 21.6. The Balaban J connectivity index is 1.67. The molecule has 7 heteroatoms. The van der Waals surface area contributed by atoms with Crippen LogP contribution in [0.1, 0.15) is 44.3 Å². The zero-order valence-corrected chi connectivity index (χ0v) is 17.6. The molecule has 0 unspecified atom stereocenters. The number of amides is 1. The lowest BCUT2D eigenvalue weighted by molar-refractivity contribution is -0.132. The van der Waals surface area contributed by atoms with Gasteiger partial charge in [-0.15, -0.1) is 0 Å². The van der Waals surface area contributed by atoms with Crippen LogP contribution >= 0.6 is 0 Å². The number of halogens is 1. The Morgan fingerprint density at radius 1 is 1.19 bits per heavy atom. The predicted octanol–water partition coefficient (Wildman–Crippen LogP) is 4.93. The molecule has 0 saturated carbocycles. The number of pyridine rings is 1. The highest BCUT2D eigenvalue weighted by atomic mass is 19.1. The molecular weight excluding hydrogens is 393 g/mol. The van der Waals surface area contributed by atoms with E-state index in [1.54, 1.807) is 24.5 Å². The number of anilines is 2. The average molecular weight is 420 g/mol. The number of nitrogens with one attached hydrogen (secondary N) is 1. The minimum absolute atomic E-state index is 0.0596. The van der Waals surface area contributed by atoms with E-state index in [1.165, 1.54) is 12.1 Å². The fourth-order valence-corrected chi connectivity index (χ4v) is 3.88. The van der Waals surface area contributed by atoms with Crippen LogP contribution in [0.25, 0.3) is 11.3 Å². The van der Waals surface area contributed by atoms with Crippen LogP contribution in [-0.4, -0.2) is 38.8 Å². The lowest BCUT2D eigenvalue weighted by atomic mass is 9.96. The van der Waals surface area contributed by atoms with Crippen LogP contribution in [0.3, 0.4) is 0 Å². The first-order valence-corrected chi connectivity index (χ1v) is 10.7. The summed E-state index contributed by atoms with van der Waals surface area (Å²) in [7, 11) is 0. The second-order valence-corrected chi connectivity index (χ2v) is 7.80. The van der Waals surface area contributed by atoms with E-state index >= 15 is 0 Å². The predicted molar refractivity (Wildman–Crippen MR) is 118 cm³/mol. The van der Waals surface area contributed by atoms with Gasteiger partial charge in [-0.3, -0.25) is 9.78 Å². The lowest BCUT2D eigenvalue weighted by Crippen LogP contribution is -2.39. The standard InChI is InChI=1S/C24H26FN5O/c1-2-5-23(31)30-13-4-6-18(16-30)24-28-21(17-9-11-26-12-10-17)15-22(29-24)27-20-8-3-7-19(25)14-20/h3,7-12,14-15,18H,2,4-6,13,16H2,1H3,(H,27,28,29)/t18-/m1/s1. The van der Waals surface area contributed by atoms with Crippen LogP contribution in [0.5, 0.6) is 0 Å². The first-order valence-electron chi connectivity index (χ1n) is 10.7. The number of rotatable bonds is 6. The second kappa shape index (κ2) is 9.64. The third-order valence-corrected chi connectivity index (χ3v) is 5.42. The molecule has 0 bridgehead atoms. The molecule has 4 rings (SSSR count). The molecule has 1 aromatic carbocycles. The van der Waals surface area contributed by atoms with Crippen LogP contribution in [0, 0.1) is 5.82 Å². The fraction of sp³-hybridized carbons (Fsp3) is 0.333. The van der Waals surface area contributed by atoms with Crippen molar-refractivity contribution in [1.82, 2.24) is 19.9 Å². The van der Waals surface area contributed by atoms with Gasteiger partial charge in [0.05, 0.1) is 5.69 Å². The molecule has 160 valence electrons. The number of nitrogens with zero attached hydrogens (tertiary/aromatic N) is 4. The minimum Gasteiger partial charge on any atom is -0.342 e. The summed E-state index contributed by atoms with van der Waals surface area (Å²) in [5.41, 5.74) is 2.31. The van der Waals surface area contributed by atoms with Crippen molar-refractivity contribution in [2.75, 3.05) is 18.4 Å². The molecule has 1 aliphatic heterocycles. The highest BCUT2D eigenvalue weighted by Gasteiger charge is 2.27. The van der Waals surface area contributed by atoms with E-state index in [1.807, 2.05) is 30.0 Å². The normalized spacial score (nSPS) is 16.2. The second-order valence-electron chi connectivity index (χ2n) is 7.80. The van der Waals surface area contributed by atoms with E-state index < -0.39 is 0 Å². The third-order valence-electron chi connectivity index (χ3n) is 5.42. The molecule has 1 saturated heterocycles. The summed E-state index contributed by atoms with van der Waals surface area (Å²) in [5.74, 6) is 1.23. The van der Waals surface area contributed by atoms with Gasteiger partial charge in [0, 0.05) is 55.1 Å². The number of carbonyl (C=O) groups excluding carboxylic acids is 1. The van der Waals surface area contributed by atoms with E-state index in [-0.39, 0.29) is 17.6 Å². The van der Waals surface area contributed by atoms with Crippen LogP contribution in [0.15, 0.2) is 54.9 Å². The molecule has 1 amide bonds. The van der Waals surface area contributed by atoms with Crippen molar-refractivity contribution in [1.29, 1.82) is 0 Å². The number of likely N-dealkylation sites (tertiary alicyclic amines) is 1. The Bertz CT molecular complexity index is 1040. The summed E-state index contributed by atoms with van der Waals surface area (Å²) >= 11 is 0. The number of benzene rings is 1. The monoisotopic (exact) mass is 419 g/mol. The van der Waals surface area contributed by atoms with Crippen molar-refractivity contribution in [3.63, 3.8) is 0 Å². The summed E-state index contributed by atoms with van der Waals surface area (Å²) in [5, 5.41) is 3.20. The first-order chi connectivity index (χ1) is 15.1. The average Bonchev–Trinajstić information content (AvgIpc) is 2.80. The summed E-state index contributed by atoms with van der Waals surface area (Å²) in [6, 6.07) is 11.9. The van der Waals surface area contributed by atoms with E-state index in [0.29, 0.717) is 30.3 Å². The molecule has 1 atom stereocenters. The smallest absolute Gasteiger partial charge is 0.222 e. The van der Waals surface area contributed by atoms with Gasteiger partial charge in [0.1, 0.15) is 17.5 Å². The van der Waals surface area contributed by atoms with E-state index in [2.05, 4.69) is 10.3 Å². The van der Waals surface area contributed by atoms with E-state index in [9.17, 15) is 9.18 Å². The molecule has 0 radical (unpaired) electrons. The summed E-state index contributed by atoms with van der Waals surface area (Å²) in [6.45, 7) is 3.43. The van der Waals surface area contributed by atoms with Crippen molar-refractivity contribution in [2.45, 2.75) is 38.5 Å². The maximum absolute atomic E-state index is 13.6. The minimum atomic E-state index is -0.314. The topological polar surface area (TPSA) is 71.0 Å². The van der Waals surface area contributed by atoms with Crippen LogP contribution in [0.2, 0.25) is 0 Å². The Kier molecular flexibility index (Phi) is 6.50. The molecule has 31 heavy (non-hydrogen) atoms. The molecule has 3 aromatic rings. The SMILES string of the molecule is CCCC(=O)N1CCC[C@@H](c2nc(Nc3cccc(F)c3)cc(-c3ccncc3)n2)C1. The molecule has 0 spiro atoms. The van der Waals surface area contributed by atoms with Gasteiger partial charge in [0.15, 0.2) is 0 Å². The maximum atomic E-state index is 13.6. The Morgan fingerprint density at radius 2 is 2.03 bits per heavy atom. The molecule has 6 nitrogen and oxygen atoms in total. The van der Waals surface area contributed by atoms with Gasteiger partial charge in [-0.25, -0.2) is 14.4 Å². The van der Waals surface area contributed by atoms with Gasteiger partial charge >= 0.3 is 0 Å². The molecule has 2 aromatic heterocycles. The van der Waals surface area contributed by atoms with Gasteiger partial charge < -0.3 is 10.2 Å². The summed E-state index contributed by atoms with van der Waals surface area (Å²) in [6.07, 6.45) is 6.71. The number of piperidine rings is 1. The quantitative estimate of drug-likeness (QED) is 0.614. The summed E-state index contributed by atoms with van der Waals surface area (Å²) < 4.78 is 13.6. The lowest BCUT2D eigenvalue weighted by Gasteiger charge is -2.32. The Morgan fingerprint density at radius 3 is 2.81 bits per heavy atom. The van der Waals surface area contributed by atoms with E-state index in [4.69, 9.17) is 9.97 Å². The Labute approximate surface area is 181 Å². The molecule has 1 aliphatic rings. The van der Waals surface area contributed by atoms with Crippen molar-refractivity contribution < 1.29 is 9.18 Å². The largest absolute Gasteiger partial charge is 0.342 e. The van der Waals surface area contributed by atoms with Crippen LogP contribution in [0.4, 0.5) is 15.9 Å². The molecule has 0 aliphatic carbocycles. The number of hydrogen-bond acceptors (Lipinski definition) is 5. The van der Waals surface area contributed by atoms with E-state index in [0.717, 1.165) is 37.1 Å². The van der Waals surface area contributed by atoms with Crippen LogP contribution < -0.4 is 5.32 Å². The molecule has 3 heterocycles. The first kappa shape index (κ1) is 20.9. The summed E-state index contributed by atoms with van der Waals surface area (Å²) in [4.78, 5) is 28.0. The molecule has 1 fully saturated rings. The van der Waals surface area contributed by atoms with Crippen molar-refractivity contribution in [3.05, 3.63) is 66.5 Å². The number of aromatic nitrogens is 3. The van der Waals surface area contributed by atoms with Gasteiger partial charge in [0.25, 0.3) is 0 Å². The number of carbonyl (C=O) groups is 1. The third kappa shape index (κ3) is 5.23. The fourth-order valence-electron chi connectivity index (χ4n) is 3.88. The van der Waals surface area contributed by atoms with Gasteiger partial charge in [0.2, 0.25) is 5.91 Å². The highest BCUT2D eigenvalue weighted by molar-refractivity contribution is 5.76. The van der Waals surface area contributed by atoms with Crippen molar-refractivity contribution in [3.8, 4) is 11.3 Å². The van der Waals surface area contributed by atoms with Gasteiger partial charge in [-0.1, -0.05) is 13.0 Å². The maximum Gasteiger partial charge on any atom is 0.222 e. The molecular formula is C24H26FN5O. The van der Waals surface area contributed by atoms with Crippen molar-refractivity contribution >= 4 is 17.4 Å². The highest BCUT2D eigenvalue weighted by Crippen LogP contribution is 2.29. The van der Waals surface area contributed by atoms with Crippen LogP contribution in [-0.2, 0) is 4.79 Å². The molecule has 1 N–H and O–H groups in total. The number of hydrogen-bond donors (Lipinski definition) is 1. The van der Waals surface area contributed by atoms with Crippen molar-refractivity contribution in [2.24, 2.45) is 0 Å². The van der Waals surface area contributed by atoms with Gasteiger partial charge in [-0.05, 0) is 49.6 Å². The van der Waals surface area contributed by atoms with Gasteiger partial charge in [-0.2, -0.15) is 0 Å². The Hall–Kier alpha value is -3.35. The zero-order valence-electron chi connectivity index (χ0n) is 17.6.